The lowest BCUT2D eigenvalue weighted by molar-refractivity contribution is 1.18. The molecule has 77 heavy (non-hydrogen) atoms. The topological polar surface area (TPSA) is 9.86 Å². The van der Waals surface area contributed by atoms with Gasteiger partial charge in [-0.05, 0) is 160 Å². The van der Waals surface area contributed by atoms with Crippen LogP contribution >= 0.6 is 0 Å². The Bertz CT molecular complexity index is 4120. The van der Waals surface area contributed by atoms with Crippen molar-refractivity contribution in [3.05, 3.63) is 280 Å². The lowest BCUT2D eigenvalue weighted by Gasteiger charge is -2.20. The molecule has 0 aliphatic rings. The van der Waals surface area contributed by atoms with Gasteiger partial charge in [0.05, 0.1) is 22.1 Å². The zero-order valence-electron chi connectivity index (χ0n) is 45.6. The molecule has 0 unspecified atom stereocenters. The van der Waals surface area contributed by atoms with E-state index in [0.717, 1.165) is 11.4 Å². The molecule has 0 atom stereocenters. The summed E-state index contributed by atoms with van der Waals surface area (Å²) in [5, 5.41) is 12.8. The van der Waals surface area contributed by atoms with Gasteiger partial charge in [-0.3, -0.25) is 0 Å². The first kappa shape index (κ1) is 52.6. The van der Waals surface area contributed by atoms with E-state index >= 15 is 0 Å². The first-order valence-corrected chi connectivity index (χ1v) is 27.0. The van der Waals surface area contributed by atoms with Crippen LogP contribution in [0.1, 0.15) is 47.1 Å². The number of aromatic nitrogens is 2. The van der Waals surface area contributed by atoms with Gasteiger partial charge < -0.3 is 9.13 Å². The third-order valence-electron chi connectivity index (χ3n) is 14.2. The van der Waals surface area contributed by atoms with Crippen LogP contribution in [0.2, 0.25) is 0 Å². The molecule has 0 N–H and O–H groups in total. The second-order valence-corrected chi connectivity index (χ2v) is 18.7. The highest BCUT2D eigenvalue weighted by Gasteiger charge is 2.20. The van der Waals surface area contributed by atoms with Crippen molar-refractivity contribution >= 4 is 75.9 Å². The summed E-state index contributed by atoms with van der Waals surface area (Å²) in [5.41, 5.74) is 15.9. The quantitative estimate of drug-likeness (QED) is 0.0855. The van der Waals surface area contributed by atoms with E-state index in [4.69, 9.17) is 0 Å². The number of aryl methyl sites for hydroxylation is 1. The van der Waals surface area contributed by atoms with Crippen LogP contribution < -0.4 is 0 Å². The second-order valence-electron chi connectivity index (χ2n) is 18.7. The number of benzene rings is 11. The van der Waals surface area contributed by atoms with Crippen molar-refractivity contribution in [2.24, 2.45) is 0 Å². The second kappa shape index (κ2) is 24.4. The highest BCUT2D eigenvalue weighted by atomic mass is 15.0. The van der Waals surface area contributed by atoms with E-state index in [9.17, 15) is 0 Å². The van der Waals surface area contributed by atoms with Crippen molar-refractivity contribution in [3.63, 3.8) is 0 Å². The van der Waals surface area contributed by atoms with Crippen molar-refractivity contribution in [2.45, 2.75) is 48.5 Å². The van der Waals surface area contributed by atoms with Gasteiger partial charge in [-0.25, -0.2) is 0 Å². The summed E-state index contributed by atoms with van der Waals surface area (Å²) in [5.74, 6) is 0. The Morgan fingerprint density at radius 3 is 1.12 bits per heavy atom. The van der Waals surface area contributed by atoms with Crippen molar-refractivity contribution in [2.75, 3.05) is 0 Å². The molecule has 0 radical (unpaired) electrons. The fraction of sp³-hybridized carbons (Fsp3) is 0.0933. The first-order chi connectivity index (χ1) is 37.9. The summed E-state index contributed by atoms with van der Waals surface area (Å²) >= 11 is 0. The predicted molar refractivity (Wildman–Crippen MR) is 342 cm³/mol. The van der Waals surface area contributed by atoms with Crippen LogP contribution in [0, 0.1) is 6.92 Å². The molecule has 0 spiro atoms. The van der Waals surface area contributed by atoms with Gasteiger partial charge in [0, 0.05) is 32.9 Å². The molecule has 2 aromatic heterocycles. The molecular formula is C75H68N2. The van der Waals surface area contributed by atoms with Crippen LogP contribution in [0.3, 0.4) is 0 Å². The van der Waals surface area contributed by atoms with Crippen molar-refractivity contribution < 1.29 is 0 Å². The van der Waals surface area contributed by atoms with Gasteiger partial charge in [-0.15, -0.1) is 0 Å². The van der Waals surface area contributed by atoms with E-state index in [1.165, 1.54) is 115 Å². The summed E-state index contributed by atoms with van der Waals surface area (Å²) in [4.78, 5) is 0. The molecule has 378 valence electrons. The van der Waals surface area contributed by atoms with Gasteiger partial charge in [-0.2, -0.15) is 0 Å². The molecule has 2 nitrogen and oxygen atoms in total. The third-order valence-corrected chi connectivity index (χ3v) is 14.2. The number of hydrogen-bond donors (Lipinski definition) is 0. The van der Waals surface area contributed by atoms with E-state index in [2.05, 4.69) is 242 Å². The van der Waals surface area contributed by atoms with Gasteiger partial charge in [0.1, 0.15) is 0 Å². The number of hydrogen-bond acceptors (Lipinski definition) is 0. The maximum absolute atomic E-state index is 3.46. The van der Waals surface area contributed by atoms with Gasteiger partial charge in [0.15, 0.2) is 0 Å². The van der Waals surface area contributed by atoms with Crippen molar-refractivity contribution in [3.8, 4) is 44.8 Å². The highest BCUT2D eigenvalue weighted by Crippen LogP contribution is 2.47. The Morgan fingerprint density at radius 2 is 0.701 bits per heavy atom. The maximum Gasteiger partial charge on any atom is 0.0541 e. The normalized spacial score (nSPS) is 11.3. The van der Waals surface area contributed by atoms with Crippen LogP contribution in [-0.2, 0) is 0 Å². The smallest absolute Gasteiger partial charge is 0.0541 e. The summed E-state index contributed by atoms with van der Waals surface area (Å²) in [6, 6.07) is 78.6. The Hall–Kier alpha value is -9.24. The van der Waals surface area contributed by atoms with Crippen LogP contribution in [0.5, 0.6) is 0 Å². The van der Waals surface area contributed by atoms with Gasteiger partial charge >= 0.3 is 0 Å². The van der Waals surface area contributed by atoms with Crippen LogP contribution in [0.25, 0.3) is 121 Å². The van der Waals surface area contributed by atoms with E-state index in [1.807, 2.05) is 78.0 Å². The van der Waals surface area contributed by atoms with E-state index in [-0.39, 0.29) is 0 Å². The molecule has 13 rings (SSSR count). The molecule has 0 fully saturated rings. The third kappa shape index (κ3) is 10.2. The van der Waals surface area contributed by atoms with E-state index in [1.54, 1.807) is 12.2 Å². The zero-order valence-corrected chi connectivity index (χ0v) is 45.6. The van der Waals surface area contributed by atoms with Crippen molar-refractivity contribution in [1.29, 1.82) is 0 Å². The standard InChI is InChI=1S/C59H38N2.2C5H8.C4H8.C2H6/c1-37-12-2-3-13-43(37)53-36-52(39-24-30-42(31-25-39)61-56-20-10-6-16-47(56)48-17-7-11-21-57(48)61)50-33-27-40-26-32-44(49-34-35-51(53)59(50)58(40)49)38-22-28-41(29-23-38)60-54-18-8-4-14-45(54)46-15-5-9-19-55(46)60;2*1-3-5-4-2;1-3-4-2;1-2/h2-36H,1H3;2*3-5H,1H2,2H3;3-4H,1-2H3;1-2H3/b;2*5-4-;4-3-;. The Morgan fingerprint density at radius 1 is 0.325 bits per heavy atom. The molecule has 0 saturated heterocycles. The van der Waals surface area contributed by atoms with Crippen LogP contribution in [0.4, 0.5) is 0 Å². The lowest BCUT2D eigenvalue weighted by Crippen LogP contribution is -1.95. The molecule has 13 aromatic rings. The predicted octanol–water partition coefficient (Wildman–Crippen LogP) is 22.2. The maximum atomic E-state index is 3.46. The van der Waals surface area contributed by atoms with Crippen LogP contribution in [-0.4, -0.2) is 9.13 Å². The molecule has 0 saturated carbocycles. The first-order valence-electron chi connectivity index (χ1n) is 27.0. The van der Waals surface area contributed by atoms with E-state index < -0.39 is 0 Å². The minimum absolute atomic E-state index is 1.16. The van der Waals surface area contributed by atoms with E-state index in [0.29, 0.717) is 0 Å². The largest absolute Gasteiger partial charge is 0.309 e. The summed E-state index contributed by atoms with van der Waals surface area (Å²) in [6.07, 6.45) is 15.2. The number of allylic oxidation sites excluding steroid dienone is 8. The molecule has 2 heteroatoms. The van der Waals surface area contributed by atoms with Crippen LogP contribution in [0.15, 0.2) is 274 Å². The SMILES string of the molecule is C/C=C\C.C=C/C=C\C.C=C/C=C\C.CC.Cc1ccccc1-c1cc(-c2ccc(-n3c4ccccc4c4ccccc43)cc2)c2ccc3ccc(-c4ccc(-n5c6ccccc6c6ccccc65)cc4)c4ccc1c2c34. The fourth-order valence-electron chi connectivity index (χ4n) is 10.7. The fourth-order valence-corrected chi connectivity index (χ4v) is 10.7. The number of rotatable bonds is 7. The number of para-hydroxylation sites is 4. The molecular weight excluding hydrogens is 929 g/mol. The van der Waals surface area contributed by atoms with Gasteiger partial charge in [-0.1, -0.05) is 233 Å². The average Bonchev–Trinajstić information content (AvgIpc) is 4.13. The summed E-state index contributed by atoms with van der Waals surface area (Å²) in [7, 11) is 0. The summed E-state index contributed by atoms with van der Waals surface area (Å²) in [6.45, 7) is 21.1. The van der Waals surface area contributed by atoms with Crippen molar-refractivity contribution in [1.82, 2.24) is 9.13 Å². The summed E-state index contributed by atoms with van der Waals surface area (Å²) < 4.78 is 4.79. The molecule has 11 aromatic carbocycles. The molecule has 0 aliphatic heterocycles. The monoisotopic (exact) mass is 997 g/mol. The molecule has 0 aliphatic carbocycles. The average molecular weight is 997 g/mol. The highest BCUT2D eigenvalue weighted by molar-refractivity contribution is 6.30. The minimum Gasteiger partial charge on any atom is -0.309 e. The lowest BCUT2D eigenvalue weighted by atomic mass is 9.83. The zero-order chi connectivity index (χ0) is 53.8. The number of fused-ring (bicyclic) bond motifs is 6. The molecule has 2 heterocycles. The molecule has 0 amide bonds. The van der Waals surface area contributed by atoms with Gasteiger partial charge in [0.2, 0.25) is 0 Å². The van der Waals surface area contributed by atoms with Gasteiger partial charge in [0.25, 0.3) is 0 Å². The Balaban J connectivity index is 0.000000402. The Labute approximate surface area is 455 Å². The molecule has 0 bridgehead atoms. The number of nitrogens with zero attached hydrogens (tertiary/aromatic N) is 2. The Kier molecular flexibility index (Phi) is 16.7. The minimum atomic E-state index is 1.16.